The summed E-state index contributed by atoms with van der Waals surface area (Å²) in [7, 11) is -1.72. The molecule has 0 aliphatic heterocycles. The van der Waals surface area contributed by atoms with Gasteiger partial charge in [0, 0.05) is 59.8 Å². The van der Waals surface area contributed by atoms with E-state index in [4.69, 9.17) is 19.9 Å². The standard InChI is InChI=1S/C34H26N3O.C18H23FNSi.Ir/c1-34(2,3)24-17-18-28(26(20-24)22-11-5-4-6-12-22)37-29-15-9-8-14-27(29)36-33(37)23-19-31-32(35-21-23)25-13-7-10-16-30(25)38-31;1-12(2)15-10-17(20-11-18(15)21(4,5)6)14-8-7-13(3)9-16(14)19;/h4-20H,1-3H3;7,9-12H,1-6H3;/q2*-1;/i;3D3,12D;. The summed E-state index contributed by atoms with van der Waals surface area (Å²) in [6.07, 6.45) is 5.01. The van der Waals surface area contributed by atoms with E-state index in [-0.39, 0.29) is 36.6 Å². The molecule has 0 fully saturated rings. The molecule has 1 radical (unpaired) electrons. The van der Waals surface area contributed by atoms with Gasteiger partial charge in [0.15, 0.2) is 0 Å². The Morgan fingerprint density at radius 2 is 1.60 bits per heavy atom. The molecule has 0 aliphatic carbocycles. The van der Waals surface area contributed by atoms with Crippen LogP contribution in [0.4, 0.5) is 4.39 Å². The first-order valence-electron chi connectivity index (χ1n) is 21.8. The van der Waals surface area contributed by atoms with E-state index in [9.17, 15) is 4.39 Å². The van der Waals surface area contributed by atoms with Crippen molar-refractivity contribution in [2.75, 3.05) is 0 Å². The fourth-order valence-electron chi connectivity index (χ4n) is 7.42. The first-order valence-corrected chi connectivity index (χ1v) is 23.3. The number of rotatable bonds is 6. The van der Waals surface area contributed by atoms with Crippen molar-refractivity contribution in [2.45, 2.75) is 72.4 Å². The number of pyridine rings is 2. The van der Waals surface area contributed by atoms with E-state index in [2.05, 4.69) is 123 Å². The molecule has 9 rings (SSSR count). The van der Waals surface area contributed by atoms with Gasteiger partial charge in [0.25, 0.3) is 0 Å². The molecule has 0 amide bonds. The first kappa shape index (κ1) is 37.5. The Hall–Kier alpha value is -5.53. The second-order valence-electron chi connectivity index (χ2n) is 17.2. The van der Waals surface area contributed by atoms with Crippen LogP contribution in [0.5, 0.6) is 0 Å². The molecule has 0 aliphatic rings. The van der Waals surface area contributed by atoms with Crippen molar-refractivity contribution >= 4 is 46.4 Å². The molecule has 0 unspecified atom stereocenters. The van der Waals surface area contributed by atoms with Crippen LogP contribution in [0.2, 0.25) is 19.6 Å². The molecule has 0 spiro atoms. The smallest absolute Gasteiger partial charge is 0.125 e. The predicted molar refractivity (Wildman–Crippen MR) is 245 cm³/mol. The summed E-state index contributed by atoms with van der Waals surface area (Å²) in [5.74, 6) is -0.736. The zero-order valence-electron chi connectivity index (χ0n) is 39.0. The Morgan fingerprint density at radius 3 is 2.32 bits per heavy atom. The van der Waals surface area contributed by atoms with E-state index in [0.717, 1.165) is 78.1 Å². The minimum atomic E-state index is -2.38. The number of aryl methyl sites for hydroxylation is 1. The molecule has 5 aromatic carbocycles. The summed E-state index contributed by atoms with van der Waals surface area (Å²) in [5, 5.41) is 2.05. The minimum Gasteiger partial charge on any atom is -0.475 e. The van der Waals surface area contributed by atoms with Crippen molar-refractivity contribution in [3.8, 4) is 39.5 Å². The molecule has 0 atom stereocenters. The van der Waals surface area contributed by atoms with Crippen LogP contribution < -0.4 is 5.19 Å². The quantitative estimate of drug-likeness (QED) is 0.123. The third kappa shape index (κ3) is 8.42. The molecule has 9 aromatic rings. The van der Waals surface area contributed by atoms with Crippen LogP contribution in [0, 0.1) is 24.9 Å². The summed E-state index contributed by atoms with van der Waals surface area (Å²) in [6.45, 7) is 14.5. The second kappa shape index (κ2) is 16.8. The van der Waals surface area contributed by atoms with Gasteiger partial charge in [0.1, 0.15) is 5.58 Å². The largest absolute Gasteiger partial charge is 0.475 e. The predicted octanol–water partition coefficient (Wildman–Crippen LogP) is 13.4. The number of imidazole rings is 1. The molecule has 305 valence electrons. The Labute approximate surface area is 372 Å². The van der Waals surface area contributed by atoms with Crippen LogP contribution in [-0.2, 0) is 25.5 Å². The number of hydrogen-bond acceptors (Lipinski definition) is 4. The summed E-state index contributed by atoms with van der Waals surface area (Å²) < 4.78 is 53.4. The fraction of sp³-hybridized carbons (Fsp3) is 0.212. The number of aromatic nitrogens is 4. The Bertz CT molecular complexity index is 3140. The molecular weight excluding hydrogens is 936 g/mol. The van der Waals surface area contributed by atoms with Crippen LogP contribution in [0.1, 0.15) is 62.7 Å². The van der Waals surface area contributed by atoms with Gasteiger partial charge in [0.2, 0.25) is 0 Å². The maximum absolute atomic E-state index is 14.5. The van der Waals surface area contributed by atoms with Gasteiger partial charge >= 0.3 is 0 Å². The summed E-state index contributed by atoms with van der Waals surface area (Å²) in [4.78, 5) is 14.2. The number of nitrogens with zero attached hydrogens (tertiary/aromatic N) is 4. The summed E-state index contributed by atoms with van der Waals surface area (Å²) in [5.41, 5.74) is 11.0. The molecule has 4 aromatic heterocycles. The number of furan rings is 1. The zero-order chi connectivity index (χ0) is 45.1. The second-order valence-corrected chi connectivity index (χ2v) is 22.2. The molecule has 0 saturated heterocycles. The molecule has 0 N–H and O–H groups in total. The Kier molecular flexibility index (Phi) is 10.5. The molecule has 8 heteroatoms. The minimum absolute atomic E-state index is 0. The van der Waals surface area contributed by atoms with Gasteiger partial charge in [-0.15, -0.1) is 23.8 Å². The summed E-state index contributed by atoms with van der Waals surface area (Å²) >= 11 is 0. The maximum Gasteiger partial charge on any atom is 0.125 e. The van der Waals surface area contributed by atoms with Crippen LogP contribution in [0.25, 0.3) is 72.6 Å². The third-order valence-corrected chi connectivity index (χ3v) is 12.6. The number of benzene rings is 5. The van der Waals surface area contributed by atoms with E-state index in [0.29, 0.717) is 5.69 Å². The molecule has 5 nitrogen and oxygen atoms in total. The maximum atomic E-state index is 14.5. The van der Waals surface area contributed by atoms with E-state index >= 15 is 0 Å². The van der Waals surface area contributed by atoms with Crippen LogP contribution in [-0.4, -0.2) is 27.6 Å². The molecule has 0 bridgehead atoms. The normalized spacial score (nSPS) is 13.2. The average molecular weight is 989 g/mol. The monoisotopic (exact) mass is 989 g/mol. The fourth-order valence-corrected chi connectivity index (χ4v) is 9.01. The van der Waals surface area contributed by atoms with Gasteiger partial charge in [-0.25, -0.2) is 0 Å². The molecule has 60 heavy (non-hydrogen) atoms. The van der Waals surface area contributed by atoms with Crippen molar-refractivity contribution < 1.29 is 34.4 Å². The van der Waals surface area contributed by atoms with Gasteiger partial charge in [0.05, 0.1) is 30.5 Å². The molecule has 4 heterocycles. The zero-order valence-corrected chi connectivity index (χ0v) is 38.4. The van der Waals surface area contributed by atoms with Crippen LogP contribution >= 0.6 is 0 Å². The van der Waals surface area contributed by atoms with Gasteiger partial charge < -0.3 is 19.0 Å². The van der Waals surface area contributed by atoms with Crippen LogP contribution in [0.15, 0.2) is 132 Å². The van der Waals surface area contributed by atoms with Crippen molar-refractivity contribution in [1.29, 1.82) is 0 Å². The van der Waals surface area contributed by atoms with E-state index in [1.807, 2.05) is 42.5 Å². The van der Waals surface area contributed by atoms with E-state index in [1.54, 1.807) is 26.1 Å². The third-order valence-electron chi connectivity index (χ3n) is 10.5. The van der Waals surface area contributed by atoms with Gasteiger partial charge in [-0.2, -0.15) is 0 Å². The Morgan fingerprint density at radius 1 is 0.867 bits per heavy atom. The van der Waals surface area contributed by atoms with Gasteiger partial charge in [-0.1, -0.05) is 157 Å². The van der Waals surface area contributed by atoms with Crippen molar-refractivity contribution in [1.82, 2.24) is 19.5 Å². The summed E-state index contributed by atoms with van der Waals surface area (Å²) in [6, 6.07) is 42.3. The Balaban J connectivity index is 0.000000206. The number of fused-ring (bicyclic) bond motifs is 4. The van der Waals surface area contributed by atoms with Crippen molar-refractivity contribution in [2.24, 2.45) is 0 Å². The van der Waals surface area contributed by atoms with E-state index < -0.39 is 26.6 Å². The SMILES string of the molecule is CC(C)(C)c1ccc(-n2c(-c3[c-]nc4c(c3)oc3ccccc34)nc3ccccc32)c(-c2ccccc2)c1.[2H]C([2H])([2H])c1c[c-]c(-c2cc(C([2H])(C)C)c([Si](C)(C)C)cn2)c(F)c1.[Ir]. The number of hydrogen-bond donors (Lipinski definition) is 0. The first-order chi connectivity index (χ1) is 29.7. The number of halogens is 1. The molecular formula is C52H49FIrN4OSi-2. The van der Waals surface area contributed by atoms with Crippen molar-refractivity contribution in [3.05, 3.63) is 162 Å². The molecule has 0 saturated carbocycles. The average Bonchev–Trinajstić information content (AvgIpc) is 3.81. The van der Waals surface area contributed by atoms with E-state index in [1.165, 1.54) is 11.6 Å². The number of para-hydroxylation sites is 3. The van der Waals surface area contributed by atoms with Crippen molar-refractivity contribution in [3.63, 3.8) is 0 Å². The van der Waals surface area contributed by atoms with Gasteiger partial charge in [-0.3, -0.25) is 9.37 Å². The van der Waals surface area contributed by atoms with Gasteiger partial charge in [-0.05, 0) is 69.8 Å². The topological polar surface area (TPSA) is 56.7 Å². The van der Waals surface area contributed by atoms with Crippen LogP contribution in [0.3, 0.4) is 0 Å².